The van der Waals surface area contributed by atoms with Crippen LogP contribution in [-0.4, -0.2) is 15.9 Å². The fourth-order valence-corrected chi connectivity index (χ4v) is 2.94. The Kier molecular flexibility index (Phi) is 6.15. The average Bonchev–Trinajstić information content (AvgIpc) is 2.73. The van der Waals surface area contributed by atoms with Gasteiger partial charge in [0, 0.05) is 23.8 Å². The van der Waals surface area contributed by atoms with E-state index in [1.807, 2.05) is 42.5 Å². The zero-order valence-corrected chi connectivity index (χ0v) is 15.7. The number of rotatable bonds is 7. The number of hydrogen-bond acceptors (Lipinski definition) is 4. The molecule has 1 aromatic carbocycles. The quantitative estimate of drug-likeness (QED) is 0.652. The number of aryl methyl sites for hydroxylation is 2. The van der Waals surface area contributed by atoms with Crippen molar-refractivity contribution in [2.45, 2.75) is 33.2 Å². The topological polar surface area (TPSA) is 66.9 Å². The van der Waals surface area contributed by atoms with Crippen molar-refractivity contribution in [1.82, 2.24) is 9.97 Å². The van der Waals surface area contributed by atoms with Crippen LogP contribution in [0.3, 0.4) is 0 Å². The van der Waals surface area contributed by atoms with E-state index in [0.29, 0.717) is 12.2 Å². The fourth-order valence-electron chi connectivity index (χ4n) is 2.94. The summed E-state index contributed by atoms with van der Waals surface area (Å²) in [5, 5.41) is 6.34. The Labute approximate surface area is 159 Å². The Morgan fingerprint density at radius 1 is 0.926 bits per heavy atom. The second kappa shape index (κ2) is 8.94. The Morgan fingerprint density at radius 2 is 1.70 bits per heavy atom. The number of carbonyl (C=O) groups is 1. The number of aromatic nitrogens is 2. The monoisotopic (exact) mass is 360 g/mol. The smallest absolute Gasteiger partial charge is 0.274 e. The van der Waals surface area contributed by atoms with Gasteiger partial charge in [-0.3, -0.25) is 14.8 Å². The van der Waals surface area contributed by atoms with Crippen molar-refractivity contribution < 1.29 is 4.79 Å². The summed E-state index contributed by atoms with van der Waals surface area (Å²) in [4.78, 5) is 21.3. The molecule has 0 aliphatic heterocycles. The van der Waals surface area contributed by atoms with Crippen LogP contribution in [0.2, 0.25) is 0 Å². The third-order valence-electron chi connectivity index (χ3n) is 4.43. The Morgan fingerprint density at radius 3 is 2.37 bits per heavy atom. The van der Waals surface area contributed by atoms with Gasteiger partial charge in [0.25, 0.3) is 5.91 Å². The van der Waals surface area contributed by atoms with Gasteiger partial charge in [-0.2, -0.15) is 0 Å². The van der Waals surface area contributed by atoms with Gasteiger partial charge in [0.05, 0.1) is 12.2 Å². The standard InChI is InChI=1S/C22H24N4O/c1-3-16-8-7-9-17(4-2)21(16)26-22(27)20-14-18(11-13-24-20)25-15-19-10-5-6-12-23-19/h5-14H,3-4,15H2,1-2H3,(H,24,25)(H,26,27). The molecule has 1 amide bonds. The first kappa shape index (κ1) is 18.6. The summed E-state index contributed by atoms with van der Waals surface area (Å²) in [5.74, 6) is -0.202. The Hall–Kier alpha value is -3.21. The largest absolute Gasteiger partial charge is 0.379 e. The Bertz CT molecular complexity index is 887. The van der Waals surface area contributed by atoms with Crippen LogP contribution in [0.25, 0.3) is 0 Å². The molecule has 0 spiro atoms. The van der Waals surface area contributed by atoms with Crippen LogP contribution >= 0.6 is 0 Å². The minimum atomic E-state index is -0.202. The van der Waals surface area contributed by atoms with E-state index < -0.39 is 0 Å². The number of amides is 1. The van der Waals surface area contributed by atoms with Crippen molar-refractivity contribution in [3.8, 4) is 0 Å². The molecule has 0 radical (unpaired) electrons. The van der Waals surface area contributed by atoms with Crippen molar-refractivity contribution in [2.24, 2.45) is 0 Å². The van der Waals surface area contributed by atoms with Crippen LogP contribution in [-0.2, 0) is 19.4 Å². The molecule has 0 aliphatic carbocycles. The first-order valence-corrected chi connectivity index (χ1v) is 9.23. The van der Waals surface area contributed by atoms with Gasteiger partial charge in [0.2, 0.25) is 0 Å². The van der Waals surface area contributed by atoms with Crippen LogP contribution in [0.1, 0.15) is 41.2 Å². The molecule has 0 bridgehead atoms. The van der Waals surface area contributed by atoms with Crippen LogP contribution in [0.4, 0.5) is 11.4 Å². The predicted molar refractivity (Wildman–Crippen MR) is 109 cm³/mol. The van der Waals surface area contributed by atoms with Gasteiger partial charge in [0.1, 0.15) is 5.69 Å². The number of carbonyl (C=O) groups excluding carboxylic acids is 1. The maximum Gasteiger partial charge on any atom is 0.274 e. The third kappa shape index (κ3) is 4.70. The van der Waals surface area contributed by atoms with Gasteiger partial charge in [0.15, 0.2) is 0 Å². The summed E-state index contributed by atoms with van der Waals surface area (Å²) in [6, 6.07) is 15.5. The number of para-hydroxylation sites is 1. The summed E-state index contributed by atoms with van der Waals surface area (Å²) in [7, 11) is 0. The molecule has 5 heteroatoms. The number of benzene rings is 1. The maximum atomic E-state index is 12.8. The van der Waals surface area contributed by atoms with Crippen molar-refractivity contribution in [1.29, 1.82) is 0 Å². The highest BCUT2D eigenvalue weighted by Gasteiger charge is 2.13. The molecule has 0 aliphatic rings. The van der Waals surface area contributed by atoms with Gasteiger partial charge >= 0.3 is 0 Å². The lowest BCUT2D eigenvalue weighted by Gasteiger charge is -2.14. The van der Waals surface area contributed by atoms with E-state index in [9.17, 15) is 4.79 Å². The molecule has 138 valence electrons. The van der Waals surface area contributed by atoms with E-state index in [4.69, 9.17) is 0 Å². The number of pyridine rings is 2. The Balaban J connectivity index is 1.74. The number of nitrogens with one attached hydrogen (secondary N) is 2. The van der Waals surface area contributed by atoms with Gasteiger partial charge in [-0.05, 0) is 48.2 Å². The second-order valence-corrected chi connectivity index (χ2v) is 6.22. The predicted octanol–water partition coefficient (Wildman–Crippen LogP) is 4.47. The van der Waals surface area contributed by atoms with E-state index in [2.05, 4.69) is 34.4 Å². The molecule has 0 atom stereocenters. The van der Waals surface area contributed by atoms with Crippen LogP contribution < -0.4 is 10.6 Å². The minimum Gasteiger partial charge on any atom is -0.379 e. The fraction of sp³-hybridized carbons (Fsp3) is 0.227. The summed E-state index contributed by atoms with van der Waals surface area (Å²) < 4.78 is 0. The first-order valence-electron chi connectivity index (χ1n) is 9.23. The van der Waals surface area contributed by atoms with Gasteiger partial charge in [-0.25, -0.2) is 0 Å². The molecule has 2 heterocycles. The molecule has 5 nitrogen and oxygen atoms in total. The molecule has 2 N–H and O–H groups in total. The molecule has 0 unspecified atom stereocenters. The van der Waals surface area contributed by atoms with Crippen molar-refractivity contribution >= 4 is 17.3 Å². The second-order valence-electron chi connectivity index (χ2n) is 6.22. The minimum absolute atomic E-state index is 0.202. The van der Waals surface area contributed by atoms with E-state index in [-0.39, 0.29) is 5.91 Å². The van der Waals surface area contributed by atoms with Crippen molar-refractivity contribution in [2.75, 3.05) is 10.6 Å². The zero-order chi connectivity index (χ0) is 19.1. The summed E-state index contributed by atoms with van der Waals surface area (Å²) in [5.41, 5.74) is 5.32. The summed E-state index contributed by atoms with van der Waals surface area (Å²) in [6.45, 7) is 4.76. The SMILES string of the molecule is CCc1cccc(CC)c1NC(=O)c1cc(NCc2ccccn2)ccn1. The number of anilines is 2. The number of hydrogen-bond donors (Lipinski definition) is 2. The average molecular weight is 360 g/mol. The lowest BCUT2D eigenvalue weighted by atomic mass is 10.0. The van der Waals surface area contributed by atoms with Crippen LogP contribution in [0.5, 0.6) is 0 Å². The van der Waals surface area contributed by atoms with Crippen LogP contribution in [0.15, 0.2) is 60.9 Å². The van der Waals surface area contributed by atoms with Gasteiger partial charge < -0.3 is 10.6 Å². The number of nitrogens with zero attached hydrogens (tertiary/aromatic N) is 2. The van der Waals surface area contributed by atoms with Crippen molar-refractivity contribution in [3.05, 3.63) is 83.4 Å². The molecule has 2 aromatic heterocycles. The third-order valence-corrected chi connectivity index (χ3v) is 4.43. The first-order chi connectivity index (χ1) is 13.2. The molecule has 0 fully saturated rings. The molecule has 27 heavy (non-hydrogen) atoms. The normalized spacial score (nSPS) is 10.4. The maximum absolute atomic E-state index is 12.8. The van der Waals surface area contributed by atoms with E-state index in [0.717, 1.165) is 41.0 Å². The highest BCUT2D eigenvalue weighted by Crippen LogP contribution is 2.23. The zero-order valence-electron chi connectivity index (χ0n) is 15.7. The van der Waals surface area contributed by atoms with E-state index >= 15 is 0 Å². The van der Waals surface area contributed by atoms with Gasteiger partial charge in [-0.1, -0.05) is 38.1 Å². The molecule has 0 saturated heterocycles. The molecule has 3 aromatic rings. The van der Waals surface area contributed by atoms with E-state index in [1.165, 1.54) is 0 Å². The summed E-state index contributed by atoms with van der Waals surface area (Å²) in [6.07, 6.45) is 5.13. The van der Waals surface area contributed by atoms with Gasteiger partial charge in [-0.15, -0.1) is 0 Å². The highest BCUT2D eigenvalue weighted by molar-refractivity contribution is 6.04. The van der Waals surface area contributed by atoms with Crippen LogP contribution in [0, 0.1) is 0 Å². The molecular formula is C22H24N4O. The summed E-state index contributed by atoms with van der Waals surface area (Å²) >= 11 is 0. The molecular weight excluding hydrogens is 336 g/mol. The van der Waals surface area contributed by atoms with E-state index in [1.54, 1.807) is 18.5 Å². The molecule has 3 rings (SSSR count). The lowest BCUT2D eigenvalue weighted by Crippen LogP contribution is -2.16. The van der Waals surface area contributed by atoms with Crippen molar-refractivity contribution in [3.63, 3.8) is 0 Å². The highest BCUT2D eigenvalue weighted by atomic mass is 16.1. The lowest BCUT2D eigenvalue weighted by molar-refractivity contribution is 0.102. The molecule has 0 saturated carbocycles.